The third-order valence-electron chi connectivity index (χ3n) is 4.81. The van der Waals surface area contributed by atoms with E-state index in [4.69, 9.17) is 11.6 Å². The number of amides is 2. The van der Waals surface area contributed by atoms with Gasteiger partial charge < -0.3 is 10.6 Å². The summed E-state index contributed by atoms with van der Waals surface area (Å²) in [4.78, 5) is 25.6. The van der Waals surface area contributed by atoms with E-state index >= 15 is 0 Å². The minimum absolute atomic E-state index is 0.0464. The van der Waals surface area contributed by atoms with Gasteiger partial charge in [0.15, 0.2) is 0 Å². The topological polar surface area (TPSA) is 58.2 Å². The van der Waals surface area contributed by atoms with Crippen molar-refractivity contribution in [2.45, 2.75) is 45.6 Å². The van der Waals surface area contributed by atoms with Crippen LogP contribution in [0.3, 0.4) is 0 Å². The van der Waals surface area contributed by atoms with Gasteiger partial charge in [0, 0.05) is 6.04 Å². The number of thiophene rings is 1. The van der Waals surface area contributed by atoms with Gasteiger partial charge >= 0.3 is 0 Å². The molecule has 1 saturated carbocycles. The maximum Gasteiger partial charge on any atom is 0.261 e. The Bertz CT molecular complexity index is 868. The number of hydrogen-bond donors (Lipinski definition) is 2. The highest BCUT2D eigenvalue weighted by atomic mass is 35.5. The second kappa shape index (κ2) is 8.40. The molecule has 2 N–H and O–H groups in total. The van der Waals surface area contributed by atoms with Crippen molar-refractivity contribution in [2.24, 2.45) is 5.92 Å². The molecular weight excluding hydrogens is 387 g/mol. The van der Waals surface area contributed by atoms with E-state index in [2.05, 4.69) is 17.6 Å². The first-order chi connectivity index (χ1) is 12.8. The molecule has 4 nitrogen and oxygen atoms in total. The number of nitrogens with one attached hydrogen (secondary N) is 2. The first-order valence-electron chi connectivity index (χ1n) is 9.01. The summed E-state index contributed by atoms with van der Waals surface area (Å²) in [6.45, 7) is 4.05. The van der Waals surface area contributed by atoms with Crippen molar-refractivity contribution >= 4 is 39.8 Å². The van der Waals surface area contributed by atoms with Gasteiger partial charge in [-0.3, -0.25) is 9.59 Å². The molecule has 0 radical (unpaired) electrons. The summed E-state index contributed by atoms with van der Waals surface area (Å²) in [5.41, 5.74) is 0.994. The summed E-state index contributed by atoms with van der Waals surface area (Å²) in [5.74, 6) is -0.408. The maximum atomic E-state index is 13.1. The lowest BCUT2D eigenvalue weighted by Crippen LogP contribution is -2.37. The molecule has 0 spiro atoms. The van der Waals surface area contributed by atoms with Crippen molar-refractivity contribution in [1.82, 2.24) is 5.32 Å². The Balaban J connectivity index is 1.68. The van der Waals surface area contributed by atoms with Crippen LogP contribution >= 0.6 is 22.9 Å². The number of carbonyl (C=O) groups excluding carboxylic acids is 2. The molecule has 1 aliphatic rings. The smallest absolute Gasteiger partial charge is 0.261 e. The lowest BCUT2D eigenvalue weighted by atomic mass is 9.87. The van der Waals surface area contributed by atoms with Crippen LogP contribution in [0, 0.1) is 18.7 Å². The second-order valence-corrected chi connectivity index (χ2v) is 8.60. The van der Waals surface area contributed by atoms with E-state index in [0.29, 0.717) is 15.8 Å². The number of carbonyl (C=O) groups is 2. The Hall–Kier alpha value is -1.92. The summed E-state index contributed by atoms with van der Waals surface area (Å²) in [6, 6.07) is 5.59. The summed E-state index contributed by atoms with van der Waals surface area (Å²) >= 11 is 7.16. The Labute approximate surface area is 167 Å². The fourth-order valence-electron chi connectivity index (χ4n) is 3.44. The number of aryl methyl sites for hydroxylation is 1. The average molecular weight is 409 g/mol. The quantitative estimate of drug-likeness (QED) is 0.710. The van der Waals surface area contributed by atoms with Crippen LogP contribution in [-0.4, -0.2) is 17.9 Å². The Kier molecular flexibility index (Phi) is 6.17. The predicted molar refractivity (Wildman–Crippen MR) is 107 cm³/mol. The zero-order chi connectivity index (χ0) is 19.6. The molecule has 1 aromatic heterocycles. The molecule has 7 heteroatoms. The van der Waals surface area contributed by atoms with Gasteiger partial charge in [-0.2, -0.15) is 0 Å². The van der Waals surface area contributed by atoms with Crippen LogP contribution in [0.2, 0.25) is 5.02 Å². The third kappa shape index (κ3) is 4.87. The van der Waals surface area contributed by atoms with Crippen molar-refractivity contribution in [2.75, 3.05) is 5.32 Å². The minimum Gasteiger partial charge on any atom is -0.349 e. The van der Waals surface area contributed by atoms with Crippen molar-refractivity contribution in [3.8, 4) is 0 Å². The SMILES string of the molecule is Cc1cc(NC(=O)c2ccc(F)cc2Cl)sc1C(=O)NC1CCCC(C)C1. The van der Waals surface area contributed by atoms with Crippen molar-refractivity contribution in [3.05, 3.63) is 51.1 Å². The minimum atomic E-state index is -0.500. The van der Waals surface area contributed by atoms with E-state index in [9.17, 15) is 14.0 Å². The van der Waals surface area contributed by atoms with Crippen molar-refractivity contribution < 1.29 is 14.0 Å². The van der Waals surface area contributed by atoms with Crippen LogP contribution < -0.4 is 10.6 Å². The summed E-state index contributed by atoms with van der Waals surface area (Å²) in [7, 11) is 0. The van der Waals surface area contributed by atoms with Gasteiger partial charge in [0.25, 0.3) is 11.8 Å². The molecule has 1 aliphatic carbocycles. The molecule has 2 amide bonds. The second-order valence-electron chi connectivity index (χ2n) is 7.14. The molecule has 1 fully saturated rings. The lowest BCUT2D eigenvalue weighted by molar-refractivity contribution is 0.0924. The number of halogens is 2. The van der Waals surface area contributed by atoms with E-state index in [1.807, 2.05) is 6.92 Å². The molecule has 0 aliphatic heterocycles. The summed E-state index contributed by atoms with van der Waals surface area (Å²) in [6.07, 6.45) is 4.36. The molecule has 1 heterocycles. The first-order valence-corrected chi connectivity index (χ1v) is 10.2. The van der Waals surface area contributed by atoms with Gasteiger partial charge in [0.05, 0.1) is 20.5 Å². The molecule has 2 unspecified atom stereocenters. The fraction of sp³-hybridized carbons (Fsp3) is 0.400. The van der Waals surface area contributed by atoms with Crippen molar-refractivity contribution in [1.29, 1.82) is 0 Å². The van der Waals surface area contributed by atoms with Gasteiger partial charge in [-0.1, -0.05) is 31.4 Å². The van der Waals surface area contributed by atoms with E-state index in [0.717, 1.165) is 30.9 Å². The third-order valence-corrected chi connectivity index (χ3v) is 6.27. The molecule has 2 atom stereocenters. The Morgan fingerprint density at radius 2 is 2.00 bits per heavy atom. The summed E-state index contributed by atoms with van der Waals surface area (Å²) in [5, 5.41) is 6.46. The highest BCUT2D eigenvalue weighted by Crippen LogP contribution is 2.29. The lowest BCUT2D eigenvalue weighted by Gasteiger charge is -2.27. The Morgan fingerprint density at radius 3 is 2.70 bits per heavy atom. The van der Waals surface area contributed by atoms with Crippen LogP contribution in [0.15, 0.2) is 24.3 Å². The van der Waals surface area contributed by atoms with Gasteiger partial charge in [-0.15, -0.1) is 11.3 Å². The predicted octanol–water partition coefficient (Wildman–Crippen LogP) is 5.41. The first kappa shape index (κ1) is 19.8. The average Bonchev–Trinajstić information content (AvgIpc) is 2.95. The molecule has 1 aromatic carbocycles. The van der Waals surface area contributed by atoms with E-state index in [-0.39, 0.29) is 22.5 Å². The number of rotatable bonds is 4. The molecule has 0 saturated heterocycles. The van der Waals surface area contributed by atoms with Crippen LogP contribution in [0.4, 0.5) is 9.39 Å². The molecule has 3 rings (SSSR count). The van der Waals surface area contributed by atoms with Gasteiger partial charge in [0.1, 0.15) is 5.82 Å². The monoisotopic (exact) mass is 408 g/mol. The molecule has 144 valence electrons. The van der Waals surface area contributed by atoms with Gasteiger partial charge in [-0.05, 0) is 55.5 Å². The maximum absolute atomic E-state index is 13.1. The number of anilines is 1. The zero-order valence-electron chi connectivity index (χ0n) is 15.3. The zero-order valence-corrected chi connectivity index (χ0v) is 16.8. The van der Waals surface area contributed by atoms with Crippen LogP contribution in [-0.2, 0) is 0 Å². The van der Waals surface area contributed by atoms with Gasteiger partial charge in [0.2, 0.25) is 0 Å². The van der Waals surface area contributed by atoms with Gasteiger partial charge in [-0.25, -0.2) is 4.39 Å². The van der Waals surface area contributed by atoms with E-state index < -0.39 is 11.7 Å². The standard InChI is InChI=1S/C20H22ClFN2O2S/c1-11-4-3-5-14(8-11)23-20(26)18-12(2)9-17(27-18)24-19(25)15-7-6-13(22)10-16(15)21/h6-7,9-11,14H,3-5,8H2,1-2H3,(H,23,26)(H,24,25). The highest BCUT2D eigenvalue weighted by Gasteiger charge is 2.23. The van der Waals surface area contributed by atoms with Crippen LogP contribution in [0.5, 0.6) is 0 Å². The van der Waals surface area contributed by atoms with Crippen LogP contribution in [0.1, 0.15) is 58.2 Å². The molecule has 0 bridgehead atoms. The molecule has 27 heavy (non-hydrogen) atoms. The summed E-state index contributed by atoms with van der Waals surface area (Å²) < 4.78 is 13.1. The highest BCUT2D eigenvalue weighted by molar-refractivity contribution is 7.18. The van der Waals surface area contributed by atoms with E-state index in [1.165, 1.54) is 29.9 Å². The number of hydrogen-bond acceptors (Lipinski definition) is 3. The largest absolute Gasteiger partial charge is 0.349 e. The van der Waals surface area contributed by atoms with Crippen LogP contribution in [0.25, 0.3) is 0 Å². The van der Waals surface area contributed by atoms with E-state index in [1.54, 1.807) is 6.07 Å². The fourth-order valence-corrected chi connectivity index (χ4v) is 4.66. The Morgan fingerprint density at radius 1 is 1.22 bits per heavy atom. The normalized spacial score (nSPS) is 19.6. The number of benzene rings is 1. The molecular formula is C20H22ClFN2O2S. The molecule has 2 aromatic rings. The van der Waals surface area contributed by atoms with Crippen molar-refractivity contribution in [3.63, 3.8) is 0 Å².